The maximum absolute atomic E-state index is 12.8. The van der Waals surface area contributed by atoms with Gasteiger partial charge in [0.1, 0.15) is 11.6 Å². The number of aliphatic carboxylic acids is 2. The fraction of sp³-hybridized carbons (Fsp3) is 0.516. The Morgan fingerprint density at radius 2 is 0.569 bits per heavy atom. The number of carboxylic acid groups (broad SMARTS) is 2. The molecule has 0 aromatic heterocycles. The minimum absolute atomic E-state index is 0.153. The van der Waals surface area contributed by atoms with Gasteiger partial charge in [0.05, 0.1) is 34.9 Å². The van der Waals surface area contributed by atoms with Crippen molar-refractivity contribution in [1.82, 2.24) is 0 Å². The fourth-order valence-electron chi connectivity index (χ4n) is 9.20. The van der Waals surface area contributed by atoms with E-state index in [1.54, 1.807) is 13.8 Å². The van der Waals surface area contributed by atoms with Crippen molar-refractivity contribution in [3.63, 3.8) is 0 Å². The highest BCUT2D eigenvalue weighted by Gasteiger charge is 2.38. The average Bonchev–Trinajstić information content (AvgIpc) is 3.35. The van der Waals surface area contributed by atoms with Crippen molar-refractivity contribution in [1.29, 1.82) is 0 Å². The first-order chi connectivity index (χ1) is 34.0. The summed E-state index contributed by atoms with van der Waals surface area (Å²) in [4.78, 5) is 74.5. The van der Waals surface area contributed by atoms with Crippen molar-refractivity contribution in [2.24, 2.45) is 0 Å². The SMILES string of the molecule is CCOC(=O)C(C)(CCCCC(=O)CCCCC(C)(C(=O)OCC)c1ccc(C)cc1)c1ccc(C)cc1.Cc1ccc(C(C)(CCCCC(=O)CCCCC(C)(C(=O)O)c2ccc(C)cc2)C(=O)O)cc1. The fourth-order valence-corrected chi connectivity index (χ4v) is 9.20. The van der Waals surface area contributed by atoms with Crippen molar-refractivity contribution in [3.05, 3.63) is 142 Å². The zero-order chi connectivity index (χ0) is 53.5. The van der Waals surface area contributed by atoms with Crippen LogP contribution in [0.4, 0.5) is 0 Å². The number of carbonyl (C=O) groups is 6. The Hall–Kier alpha value is -5.90. The number of rotatable bonds is 30. The summed E-state index contributed by atoms with van der Waals surface area (Å²) in [6, 6.07) is 31.2. The molecular weight excluding hydrogens is 905 g/mol. The average molecular weight is 989 g/mol. The molecule has 0 heterocycles. The lowest BCUT2D eigenvalue weighted by atomic mass is 9.77. The topological polar surface area (TPSA) is 161 Å². The van der Waals surface area contributed by atoms with Gasteiger partial charge in [0.2, 0.25) is 0 Å². The van der Waals surface area contributed by atoms with Crippen molar-refractivity contribution in [2.45, 2.75) is 194 Å². The van der Waals surface area contributed by atoms with Gasteiger partial charge >= 0.3 is 23.9 Å². The monoisotopic (exact) mass is 989 g/mol. The first kappa shape index (κ1) is 60.4. The van der Waals surface area contributed by atoms with Gasteiger partial charge in [-0.25, -0.2) is 0 Å². The number of ether oxygens (including phenoxy) is 2. The predicted octanol–water partition coefficient (Wildman–Crippen LogP) is 13.7. The van der Waals surface area contributed by atoms with Crippen molar-refractivity contribution >= 4 is 35.4 Å². The van der Waals surface area contributed by atoms with E-state index in [4.69, 9.17) is 9.47 Å². The van der Waals surface area contributed by atoms with Crippen LogP contribution in [0.5, 0.6) is 0 Å². The van der Waals surface area contributed by atoms with Crippen LogP contribution >= 0.6 is 0 Å². The van der Waals surface area contributed by atoms with E-state index in [-0.39, 0.29) is 23.5 Å². The molecule has 4 atom stereocenters. The molecule has 0 bridgehead atoms. The zero-order valence-electron chi connectivity index (χ0n) is 45.1. The van der Waals surface area contributed by atoms with Crippen LogP contribution in [0.15, 0.2) is 97.1 Å². The van der Waals surface area contributed by atoms with Gasteiger partial charge in [-0.15, -0.1) is 0 Å². The molecule has 4 rings (SSSR count). The van der Waals surface area contributed by atoms with Gasteiger partial charge in [0, 0.05) is 25.7 Å². The Morgan fingerprint density at radius 3 is 0.778 bits per heavy atom. The summed E-state index contributed by atoms with van der Waals surface area (Å²) in [5.41, 5.74) is 4.56. The summed E-state index contributed by atoms with van der Waals surface area (Å²) in [6.07, 6.45) is 9.73. The number of aryl methyl sites for hydroxylation is 4. The highest BCUT2D eigenvalue weighted by atomic mass is 16.5. The lowest BCUT2D eigenvalue weighted by Gasteiger charge is -2.28. The number of carboxylic acids is 2. The Kier molecular flexibility index (Phi) is 24.3. The van der Waals surface area contributed by atoms with Crippen LogP contribution in [0, 0.1) is 27.7 Å². The molecule has 72 heavy (non-hydrogen) atoms. The molecule has 0 amide bonds. The molecule has 0 aliphatic heterocycles. The Bertz CT molecular complexity index is 2190. The number of unbranched alkanes of at least 4 members (excludes halogenated alkanes) is 4. The zero-order valence-corrected chi connectivity index (χ0v) is 45.1. The van der Waals surface area contributed by atoms with Crippen LogP contribution in [0.1, 0.15) is 189 Å². The maximum atomic E-state index is 12.8. The van der Waals surface area contributed by atoms with E-state index in [0.717, 1.165) is 70.2 Å². The first-order valence-corrected chi connectivity index (χ1v) is 26.2. The molecule has 2 N–H and O–H groups in total. The van der Waals surface area contributed by atoms with Crippen molar-refractivity contribution in [2.75, 3.05) is 13.2 Å². The van der Waals surface area contributed by atoms with Crippen LogP contribution in [0.2, 0.25) is 0 Å². The third-order valence-corrected chi connectivity index (χ3v) is 14.7. The van der Waals surface area contributed by atoms with E-state index in [2.05, 4.69) is 0 Å². The standard InChI is InChI=1S/C33H46O5.C29H38O5/c1-7-37-30(35)32(5,27-19-15-25(3)16-20-27)23-11-9-13-29(34)14-10-12-24-33(6,31(36)38-8-2)28-21-17-26(4)18-22-28;1-21-11-15-23(16-12-21)28(3,26(31)32)19-7-5-9-25(30)10-6-8-20-29(4,27(33)34)24-17-13-22(2)14-18-24/h15-22H,7-14,23-24H2,1-6H3;11-18H,5-10,19-20H2,1-4H3,(H,31,32)(H,33,34). The summed E-state index contributed by atoms with van der Waals surface area (Å²) >= 11 is 0. The Balaban J connectivity index is 0.000000383. The number of hydrogen-bond acceptors (Lipinski definition) is 8. The molecular formula is C62H84O10. The molecule has 10 nitrogen and oxygen atoms in total. The molecule has 4 aromatic carbocycles. The minimum atomic E-state index is -0.964. The van der Waals surface area contributed by atoms with Gasteiger partial charge in [-0.05, 0) is 143 Å². The largest absolute Gasteiger partial charge is 0.481 e. The molecule has 0 aliphatic rings. The van der Waals surface area contributed by atoms with Gasteiger partial charge in [-0.1, -0.05) is 145 Å². The third kappa shape index (κ3) is 17.7. The second kappa shape index (κ2) is 29.0. The van der Waals surface area contributed by atoms with E-state index >= 15 is 0 Å². The van der Waals surface area contributed by atoms with Crippen LogP contribution in [-0.2, 0) is 59.9 Å². The van der Waals surface area contributed by atoms with Gasteiger partial charge < -0.3 is 19.7 Å². The van der Waals surface area contributed by atoms with Gasteiger partial charge in [-0.3, -0.25) is 28.8 Å². The van der Waals surface area contributed by atoms with E-state index in [9.17, 15) is 39.0 Å². The van der Waals surface area contributed by atoms with Gasteiger partial charge in [0.25, 0.3) is 0 Å². The molecule has 0 saturated carbocycles. The van der Waals surface area contributed by atoms with Crippen molar-refractivity contribution in [3.8, 4) is 0 Å². The first-order valence-electron chi connectivity index (χ1n) is 26.2. The second-order valence-corrected chi connectivity index (χ2v) is 20.7. The van der Waals surface area contributed by atoms with E-state index in [1.807, 2.05) is 152 Å². The van der Waals surface area contributed by atoms with Crippen molar-refractivity contribution < 1.29 is 48.5 Å². The smallest absolute Gasteiger partial charge is 0.316 e. The summed E-state index contributed by atoms with van der Waals surface area (Å²) in [6.45, 7) is 19.7. The van der Waals surface area contributed by atoms with E-state index in [0.29, 0.717) is 90.3 Å². The number of ketones is 2. The highest BCUT2D eigenvalue weighted by Crippen LogP contribution is 2.35. The summed E-state index contributed by atoms with van der Waals surface area (Å²) in [5, 5.41) is 19.6. The number of carbonyl (C=O) groups excluding carboxylic acids is 4. The molecule has 4 unspecified atom stereocenters. The highest BCUT2D eigenvalue weighted by molar-refractivity contribution is 5.84. The summed E-state index contributed by atoms with van der Waals surface area (Å²) in [7, 11) is 0. The normalized spacial score (nSPS) is 14.5. The molecule has 0 aliphatic carbocycles. The number of Topliss-reactive ketones (excluding diaryl/α,β-unsaturated/α-hetero) is 2. The van der Waals surface area contributed by atoms with Crippen LogP contribution in [0.25, 0.3) is 0 Å². The molecule has 0 fully saturated rings. The molecule has 392 valence electrons. The van der Waals surface area contributed by atoms with E-state index < -0.39 is 33.6 Å². The molecule has 0 spiro atoms. The lowest BCUT2D eigenvalue weighted by Crippen LogP contribution is -2.34. The summed E-state index contributed by atoms with van der Waals surface area (Å²) in [5.74, 6) is -1.75. The number of esters is 2. The number of benzene rings is 4. The third-order valence-electron chi connectivity index (χ3n) is 14.7. The van der Waals surface area contributed by atoms with Crippen LogP contribution < -0.4 is 0 Å². The maximum Gasteiger partial charge on any atom is 0.316 e. The molecule has 4 aromatic rings. The lowest BCUT2D eigenvalue weighted by molar-refractivity contribution is -0.150. The van der Waals surface area contributed by atoms with Crippen LogP contribution in [-0.4, -0.2) is 58.9 Å². The number of hydrogen-bond donors (Lipinski definition) is 2. The summed E-state index contributed by atoms with van der Waals surface area (Å²) < 4.78 is 10.8. The second-order valence-electron chi connectivity index (χ2n) is 20.7. The minimum Gasteiger partial charge on any atom is -0.481 e. The van der Waals surface area contributed by atoms with Gasteiger partial charge in [0.15, 0.2) is 0 Å². The predicted molar refractivity (Wildman–Crippen MR) is 287 cm³/mol. The Morgan fingerprint density at radius 1 is 0.361 bits per heavy atom. The van der Waals surface area contributed by atoms with Crippen LogP contribution in [0.3, 0.4) is 0 Å². The quantitative estimate of drug-likeness (QED) is 0.0380. The molecule has 0 saturated heterocycles. The molecule has 10 heteroatoms. The van der Waals surface area contributed by atoms with E-state index in [1.165, 1.54) is 0 Å². The van der Waals surface area contributed by atoms with Gasteiger partial charge in [-0.2, -0.15) is 0 Å². The Labute approximate surface area is 430 Å². The molecule has 0 radical (unpaired) electrons.